The first kappa shape index (κ1) is 19.0. The van der Waals surface area contributed by atoms with Gasteiger partial charge in [-0.1, -0.05) is 12.1 Å². The number of halogens is 1. The number of nitrogens with one attached hydrogen (secondary N) is 1. The molecule has 0 saturated carbocycles. The quantitative estimate of drug-likeness (QED) is 0.355. The number of anilines is 1. The maximum Gasteiger partial charge on any atom is 0.193 e. The van der Waals surface area contributed by atoms with Crippen molar-refractivity contribution in [2.75, 3.05) is 19.0 Å². The lowest BCUT2D eigenvalue weighted by Crippen LogP contribution is -2.23. The zero-order valence-electron chi connectivity index (χ0n) is 14.3. The maximum atomic E-state index is 5.93. The number of hydrogen-bond donors (Lipinski definition) is 2. The second-order valence-corrected chi connectivity index (χ2v) is 5.53. The molecule has 0 fully saturated rings. The Morgan fingerprint density at radius 1 is 1.32 bits per heavy atom. The zero-order valence-corrected chi connectivity index (χ0v) is 16.6. The van der Waals surface area contributed by atoms with E-state index in [1.54, 1.807) is 7.11 Å². The monoisotopic (exact) mass is 451 g/mol. The molecule has 0 aliphatic carbocycles. The molecule has 0 amide bonds. The van der Waals surface area contributed by atoms with Crippen molar-refractivity contribution in [2.45, 2.75) is 13.3 Å². The van der Waals surface area contributed by atoms with E-state index < -0.39 is 0 Å². The number of methoxy groups -OCH3 is 1. The summed E-state index contributed by atoms with van der Waals surface area (Å²) in [6.45, 7) is 2.63. The minimum absolute atomic E-state index is 0. The number of nitrogens with two attached hydrogens (primary N) is 1. The molecule has 6 nitrogen and oxygen atoms in total. The number of aliphatic imine (C=N–C) groups is 1. The highest BCUT2D eigenvalue weighted by Crippen LogP contribution is 2.16. The van der Waals surface area contributed by atoms with Crippen LogP contribution in [0.2, 0.25) is 0 Å². The van der Waals surface area contributed by atoms with Gasteiger partial charge in [0.1, 0.15) is 11.4 Å². The Morgan fingerprint density at radius 2 is 2.16 bits per heavy atom. The first-order chi connectivity index (χ1) is 11.7. The minimum atomic E-state index is 0. The zero-order chi connectivity index (χ0) is 16.9. The van der Waals surface area contributed by atoms with Crippen molar-refractivity contribution in [2.24, 2.45) is 10.7 Å². The summed E-state index contributed by atoms with van der Waals surface area (Å²) in [6, 6.07) is 11.6. The van der Waals surface area contributed by atoms with Crippen molar-refractivity contribution in [3.8, 4) is 5.75 Å². The molecule has 0 saturated heterocycles. The van der Waals surface area contributed by atoms with Crippen LogP contribution in [0.25, 0.3) is 5.65 Å². The third kappa shape index (κ3) is 4.85. The van der Waals surface area contributed by atoms with Crippen molar-refractivity contribution >= 4 is 41.3 Å². The molecule has 7 heteroatoms. The number of ether oxygens (including phenoxy) is 1. The van der Waals surface area contributed by atoms with Crippen LogP contribution in [0.3, 0.4) is 0 Å². The number of hydrogen-bond acceptors (Lipinski definition) is 3. The standard InChI is InChI=1S/C18H21N5O.HI/c1-13-5-4-10-23-12-15(21-17(13)23)8-9-20-18(19)22-14-6-3-7-16(11-14)24-2;/h3-7,10-12H,8-9H2,1-2H3,(H3,19,20,22);1H. The Labute approximate surface area is 164 Å². The van der Waals surface area contributed by atoms with Crippen LogP contribution in [-0.4, -0.2) is 29.0 Å². The molecule has 3 rings (SSSR count). The Bertz CT molecular complexity index is 875. The van der Waals surface area contributed by atoms with E-state index in [0.29, 0.717) is 12.5 Å². The Kier molecular flexibility index (Phi) is 6.63. The van der Waals surface area contributed by atoms with Crippen LogP contribution in [0.4, 0.5) is 5.69 Å². The van der Waals surface area contributed by atoms with Crippen LogP contribution in [0, 0.1) is 6.92 Å². The molecule has 3 N–H and O–H groups in total. The fraction of sp³-hybridized carbons (Fsp3) is 0.222. The number of benzene rings is 1. The summed E-state index contributed by atoms with van der Waals surface area (Å²) in [6.07, 6.45) is 4.77. The lowest BCUT2D eigenvalue weighted by molar-refractivity contribution is 0.415. The van der Waals surface area contributed by atoms with Gasteiger partial charge in [-0.15, -0.1) is 24.0 Å². The summed E-state index contributed by atoms with van der Waals surface area (Å²) < 4.78 is 7.22. The summed E-state index contributed by atoms with van der Waals surface area (Å²) in [5, 5.41) is 3.06. The molecule has 2 aromatic heterocycles. The molecule has 0 unspecified atom stereocenters. The van der Waals surface area contributed by atoms with E-state index >= 15 is 0 Å². The van der Waals surface area contributed by atoms with Gasteiger partial charge in [-0.25, -0.2) is 4.98 Å². The van der Waals surface area contributed by atoms with Crippen molar-refractivity contribution in [1.29, 1.82) is 0 Å². The van der Waals surface area contributed by atoms with Crippen molar-refractivity contribution < 1.29 is 4.74 Å². The Balaban J connectivity index is 0.00000225. The molecule has 0 aliphatic rings. The second-order valence-electron chi connectivity index (χ2n) is 5.53. The van der Waals surface area contributed by atoms with Crippen molar-refractivity contribution in [3.63, 3.8) is 0 Å². The van der Waals surface area contributed by atoms with E-state index in [2.05, 4.69) is 28.3 Å². The van der Waals surface area contributed by atoms with E-state index in [-0.39, 0.29) is 24.0 Å². The van der Waals surface area contributed by atoms with E-state index in [9.17, 15) is 0 Å². The predicted octanol–water partition coefficient (Wildman–Crippen LogP) is 3.24. The summed E-state index contributed by atoms with van der Waals surface area (Å²) in [5.74, 6) is 1.15. The summed E-state index contributed by atoms with van der Waals surface area (Å²) in [4.78, 5) is 8.99. The van der Waals surface area contributed by atoms with Gasteiger partial charge >= 0.3 is 0 Å². The molecule has 2 heterocycles. The fourth-order valence-corrected chi connectivity index (χ4v) is 2.50. The van der Waals surface area contributed by atoms with Crippen LogP contribution in [0.5, 0.6) is 5.75 Å². The van der Waals surface area contributed by atoms with Gasteiger partial charge in [0.15, 0.2) is 5.96 Å². The Morgan fingerprint density at radius 3 is 2.92 bits per heavy atom. The van der Waals surface area contributed by atoms with Crippen molar-refractivity contribution in [1.82, 2.24) is 9.38 Å². The molecule has 1 aromatic carbocycles. The summed E-state index contributed by atoms with van der Waals surface area (Å²) in [7, 11) is 1.63. The highest BCUT2D eigenvalue weighted by Gasteiger charge is 2.03. The first-order valence-electron chi connectivity index (χ1n) is 7.80. The molecule has 0 radical (unpaired) electrons. The van der Waals surface area contributed by atoms with E-state index in [1.165, 1.54) is 0 Å². The topological polar surface area (TPSA) is 76.9 Å². The number of nitrogens with zero attached hydrogens (tertiary/aromatic N) is 3. The molecular weight excluding hydrogens is 429 g/mol. The molecule has 0 spiro atoms. The molecule has 3 aromatic rings. The molecule has 25 heavy (non-hydrogen) atoms. The van der Waals surface area contributed by atoms with Gasteiger partial charge in [0.25, 0.3) is 0 Å². The number of aromatic nitrogens is 2. The number of rotatable bonds is 5. The predicted molar refractivity (Wildman–Crippen MR) is 112 cm³/mol. The van der Waals surface area contributed by atoms with Gasteiger partial charge in [-0.3, -0.25) is 4.99 Å². The van der Waals surface area contributed by atoms with Gasteiger partial charge in [0, 0.05) is 37.1 Å². The molecule has 132 valence electrons. The molecule has 0 atom stereocenters. The first-order valence-corrected chi connectivity index (χ1v) is 7.80. The minimum Gasteiger partial charge on any atom is -0.497 e. The van der Waals surface area contributed by atoms with Gasteiger partial charge in [0.05, 0.1) is 12.8 Å². The average molecular weight is 451 g/mol. The molecule has 0 aliphatic heterocycles. The Hall–Kier alpha value is -2.29. The summed E-state index contributed by atoms with van der Waals surface area (Å²) in [5.41, 5.74) is 9.93. The number of imidazole rings is 1. The van der Waals surface area contributed by atoms with Crippen LogP contribution >= 0.6 is 24.0 Å². The lowest BCUT2D eigenvalue weighted by Gasteiger charge is -2.07. The van der Waals surface area contributed by atoms with Crippen LogP contribution in [0.15, 0.2) is 53.8 Å². The van der Waals surface area contributed by atoms with Gasteiger partial charge in [0.2, 0.25) is 0 Å². The molecule has 0 bridgehead atoms. The maximum absolute atomic E-state index is 5.93. The van der Waals surface area contributed by atoms with Crippen LogP contribution in [0.1, 0.15) is 11.3 Å². The summed E-state index contributed by atoms with van der Waals surface area (Å²) >= 11 is 0. The van der Waals surface area contributed by atoms with Crippen LogP contribution in [-0.2, 0) is 6.42 Å². The third-order valence-electron chi connectivity index (χ3n) is 3.72. The largest absolute Gasteiger partial charge is 0.497 e. The lowest BCUT2D eigenvalue weighted by atomic mass is 10.3. The number of fused-ring (bicyclic) bond motifs is 1. The van der Waals surface area contributed by atoms with E-state index in [1.807, 2.05) is 47.1 Å². The second kappa shape index (κ2) is 8.70. The van der Waals surface area contributed by atoms with E-state index in [4.69, 9.17) is 10.5 Å². The van der Waals surface area contributed by atoms with E-state index in [0.717, 1.165) is 34.8 Å². The van der Waals surface area contributed by atoms with Gasteiger partial charge in [-0.05, 0) is 30.7 Å². The highest BCUT2D eigenvalue weighted by molar-refractivity contribution is 14.0. The SMILES string of the molecule is COc1cccc(NC(N)=NCCc2cn3cccc(C)c3n2)c1.I. The van der Waals surface area contributed by atoms with Gasteiger partial charge in [-0.2, -0.15) is 0 Å². The number of aryl methyl sites for hydroxylation is 1. The number of guanidine groups is 1. The third-order valence-corrected chi connectivity index (χ3v) is 3.72. The normalized spacial score (nSPS) is 11.2. The van der Waals surface area contributed by atoms with Gasteiger partial charge < -0.3 is 20.2 Å². The fourth-order valence-electron chi connectivity index (χ4n) is 2.50. The molecular formula is C18H22IN5O. The number of pyridine rings is 1. The average Bonchev–Trinajstić information content (AvgIpc) is 2.99. The van der Waals surface area contributed by atoms with Crippen LogP contribution < -0.4 is 15.8 Å². The highest BCUT2D eigenvalue weighted by atomic mass is 127. The van der Waals surface area contributed by atoms with Crippen molar-refractivity contribution in [3.05, 3.63) is 60.0 Å². The smallest absolute Gasteiger partial charge is 0.193 e.